The predicted molar refractivity (Wildman–Crippen MR) is 91.0 cm³/mol. The van der Waals surface area contributed by atoms with Gasteiger partial charge in [0, 0.05) is 11.8 Å². The molecule has 0 aliphatic carbocycles. The summed E-state index contributed by atoms with van der Waals surface area (Å²) in [6, 6.07) is 13.5. The third kappa shape index (κ3) is 4.79. The molecule has 22 heavy (non-hydrogen) atoms. The summed E-state index contributed by atoms with van der Waals surface area (Å²) in [4.78, 5) is 11.8. The molecule has 2 N–H and O–H groups in total. The number of carbonyl (C=O) groups is 1. The van der Waals surface area contributed by atoms with Crippen molar-refractivity contribution in [3.05, 3.63) is 71.6 Å². The number of thiocarbonyl (C=S) groups is 1. The molecule has 0 bridgehead atoms. The fourth-order valence-corrected chi connectivity index (χ4v) is 1.98. The summed E-state index contributed by atoms with van der Waals surface area (Å²) in [5, 5.41) is 5.75. The van der Waals surface area contributed by atoms with E-state index in [0.29, 0.717) is 0 Å². The van der Waals surface area contributed by atoms with E-state index in [9.17, 15) is 9.18 Å². The Balaban J connectivity index is 1.90. The summed E-state index contributed by atoms with van der Waals surface area (Å²) in [5.41, 5.74) is 2.60. The Labute approximate surface area is 133 Å². The Morgan fingerprint density at radius 1 is 1.14 bits per heavy atom. The van der Waals surface area contributed by atoms with Gasteiger partial charge in [-0.3, -0.25) is 10.1 Å². The van der Waals surface area contributed by atoms with E-state index in [-0.39, 0.29) is 16.8 Å². The molecule has 2 rings (SSSR count). The maximum atomic E-state index is 12.8. The van der Waals surface area contributed by atoms with Gasteiger partial charge in [-0.2, -0.15) is 0 Å². The van der Waals surface area contributed by atoms with Crippen molar-refractivity contribution in [2.75, 3.05) is 5.32 Å². The highest BCUT2D eigenvalue weighted by Crippen LogP contribution is 2.12. The van der Waals surface area contributed by atoms with E-state index in [2.05, 4.69) is 10.6 Å². The maximum absolute atomic E-state index is 12.8. The Kier molecular flexibility index (Phi) is 5.38. The van der Waals surface area contributed by atoms with Crippen LogP contribution in [0.4, 0.5) is 10.1 Å². The number of para-hydroxylation sites is 1. The van der Waals surface area contributed by atoms with Gasteiger partial charge in [-0.1, -0.05) is 30.3 Å². The van der Waals surface area contributed by atoms with Crippen molar-refractivity contribution in [3.63, 3.8) is 0 Å². The number of nitrogens with one attached hydrogen (secondary N) is 2. The SMILES string of the molecule is Cc1ccccc1NC(=S)NC(=O)C=Cc1ccc(F)cc1. The zero-order valence-corrected chi connectivity index (χ0v) is 12.8. The molecule has 0 radical (unpaired) electrons. The van der Waals surface area contributed by atoms with Gasteiger partial charge >= 0.3 is 0 Å². The molecule has 0 saturated heterocycles. The first kappa shape index (κ1) is 15.9. The molecule has 0 aliphatic heterocycles. The quantitative estimate of drug-likeness (QED) is 0.671. The zero-order valence-electron chi connectivity index (χ0n) is 12.0. The standard InChI is InChI=1S/C17H15FN2OS/c1-12-4-2-3-5-15(12)19-17(22)20-16(21)11-8-13-6-9-14(18)10-7-13/h2-11H,1H3,(H2,19,20,21,22). The number of carbonyl (C=O) groups excluding carboxylic acids is 1. The third-order valence-corrected chi connectivity index (χ3v) is 3.13. The number of amides is 1. The van der Waals surface area contributed by atoms with Gasteiger partial charge in [-0.05, 0) is 54.5 Å². The molecular formula is C17H15FN2OS. The number of benzene rings is 2. The van der Waals surface area contributed by atoms with Gasteiger partial charge in [0.2, 0.25) is 5.91 Å². The summed E-state index contributed by atoms with van der Waals surface area (Å²) >= 11 is 5.09. The van der Waals surface area contributed by atoms with Crippen molar-refractivity contribution in [1.29, 1.82) is 0 Å². The van der Waals surface area contributed by atoms with E-state index in [1.165, 1.54) is 18.2 Å². The van der Waals surface area contributed by atoms with Gasteiger partial charge in [0.25, 0.3) is 0 Å². The molecule has 112 valence electrons. The van der Waals surface area contributed by atoms with Crippen LogP contribution >= 0.6 is 12.2 Å². The van der Waals surface area contributed by atoms with E-state index >= 15 is 0 Å². The van der Waals surface area contributed by atoms with E-state index in [4.69, 9.17) is 12.2 Å². The van der Waals surface area contributed by atoms with Crippen LogP contribution in [0.5, 0.6) is 0 Å². The van der Waals surface area contributed by atoms with Crippen LogP contribution in [-0.2, 0) is 4.79 Å². The van der Waals surface area contributed by atoms with Crippen LogP contribution in [0.2, 0.25) is 0 Å². The molecule has 0 aliphatic rings. The topological polar surface area (TPSA) is 41.1 Å². The second-order valence-electron chi connectivity index (χ2n) is 4.64. The molecule has 0 fully saturated rings. The first-order valence-corrected chi connectivity index (χ1v) is 7.06. The highest BCUT2D eigenvalue weighted by Gasteiger charge is 2.03. The molecule has 2 aromatic rings. The lowest BCUT2D eigenvalue weighted by molar-refractivity contribution is -0.115. The van der Waals surface area contributed by atoms with Crippen LogP contribution in [0, 0.1) is 12.7 Å². The van der Waals surface area contributed by atoms with E-state index in [1.807, 2.05) is 31.2 Å². The summed E-state index contributed by atoms with van der Waals surface area (Å²) in [7, 11) is 0. The summed E-state index contributed by atoms with van der Waals surface area (Å²) in [5.74, 6) is -0.666. The van der Waals surface area contributed by atoms with E-state index in [0.717, 1.165) is 16.8 Å². The fourth-order valence-electron chi connectivity index (χ4n) is 1.77. The smallest absolute Gasteiger partial charge is 0.250 e. The molecule has 3 nitrogen and oxygen atoms in total. The number of anilines is 1. The van der Waals surface area contributed by atoms with Crippen molar-refractivity contribution < 1.29 is 9.18 Å². The predicted octanol–water partition coefficient (Wildman–Crippen LogP) is 3.66. The normalized spacial score (nSPS) is 10.5. The molecule has 2 aromatic carbocycles. The zero-order chi connectivity index (χ0) is 15.9. The van der Waals surface area contributed by atoms with Gasteiger partial charge in [-0.15, -0.1) is 0 Å². The Morgan fingerprint density at radius 2 is 1.82 bits per heavy atom. The molecule has 0 atom stereocenters. The lowest BCUT2D eigenvalue weighted by Gasteiger charge is -2.10. The average molecular weight is 314 g/mol. The minimum atomic E-state index is -0.351. The lowest BCUT2D eigenvalue weighted by Crippen LogP contribution is -2.33. The minimum absolute atomic E-state index is 0.225. The Hall–Kier alpha value is -2.53. The van der Waals surface area contributed by atoms with Crippen LogP contribution in [0.15, 0.2) is 54.6 Å². The average Bonchev–Trinajstić information content (AvgIpc) is 2.49. The molecule has 0 spiro atoms. The number of aryl methyl sites for hydroxylation is 1. The second-order valence-corrected chi connectivity index (χ2v) is 5.05. The molecule has 0 heterocycles. The fraction of sp³-hybridized carbons (Fsp3) is 0.0588. The second kappa shape index (κ2) is 7.47. The van der Waals surface area contributed by atoms with Gasteiger partial charge in [0.1, 0.15) is 5.82 Å². The van der Waals surface area contributed by atoms with Crippen molar-refractivity contribution >= 4 is 35.0 Å². The van der Waals surface area contributed by atoms with Gasteiger partial charge in [0.15, 0.2) is 5.11 Å². The molecule has 1 amide bonds. The molecule has 5 heteroatoms. The van der Waals surface area contributed by atoms with E-state index < -0.39 is 0 Å². The molecule has 0 aromatic heterocycles. The number of rotatable bonds is 3. The lowest BCUT2D eigenvalue weighted by atomic mass is 10.2. The van der Waals surface area contributed by atoms with Crippen LogP contribution in [0.3, 0.4) is 0 Å². The van der Waals surface area contributed by atoms with Crippen molar-refractivity contribution in [1.82, 2.24) is 5.32 Å². The Bertz CT molecular complexity index is 711. The summed E-state index contributed by atoms with van der Waals surface area (Å²) in [6.45, 7) is 1.95. The third-order valence-electron chi connectivity index (χ3n) is 2.93. The number of halogens is 1. The molecular weight excluding hydrogens is 299 g/mol. The molecule has 0 unspecified atom stereocenters. The van der Waals surface area contributed by atoms with Crippen molar-refractivity contribution in [3.8, 4) is 0 Å². The van der Waals surface area contributed by atoms with Crippen LogP contribution < -0.4 is 10.6 Å². The maximum Gasteiger partial charge on any atom is 0.250 e. The van der Waals surface area contributed by atoms with Crippen LogP contribution in [-0.4, -0.2) is 11.0 Å². The van der Waals surface area contributed by atoms with Crippen LogP contribution in [0.25, 0.3) is 6.08 Å². The summed E-state index contributed by atoms with van der Waals surface area (Å²) in [6.07, 6.45) is 2.93. The number of hydrogen-bond acceptors (Lipinski definition) is 2. The first-order valence-electron chi connectivity index (χ1n) is 6.66. The first-order chi connectivity index (χ1) is 10.5. The van der Waals surface area contributed by atoms with Gasteiger partial charge in [-0.25, -0.2) is 4.39 Å². The minimum Gasteiger partial charge on any atom is -0.332 e. The van der Waals surface area contributed by atoms with Gasteiger partial charge < -0.3 is 5.32 Å². The van der Waals surface area contributed by atoms with Crippen molar-refractivity contribution in [2.45, 2.75) is 6.92 Å². The van der Waals surface area contributed by atoms with Crippen molar-refractivity contribution in [2.24, 2.45) is 0 Å². The summed E-state index contributed by atoms with van der Waals surface area (Å²) < 4.78 is 12.8. The monoisotopic (exact) mass is 314 g/mol. The van der Waals surface area contributed by atoms with Gasteiger partial charge in [0.05, 0.1) is 0 Å². The number of hydrogen-bond donors (Lipinski definition) is 2. The molecule has 0 saturated carbocycles. The van der Waals surface area contributed by atoms with E-state index in [1.54, 1.807) is 18.2 Å². The highest BCUT2D eigenvalue weighted by atomic mass is 32.1. The highest BCUT2D eigenvalue weighted by molar-refractivity contribution is 7.80. The Morgan fingerprint density at radius 3 is 2.50 bits per heavy atom. The van der Waals surface area contributed by atoms with Crippen LogP contribution in [0.1, 0.15) is 11.1 Å². The largest absolute Gasteiger partial charge is 0.332 e.